The van der Waals surface area contributed by atoms with Crippen LogP contribution in [0.5, 0.6) is 0 Å². The molecule has 1 N–H and O–H groups in total. The molecule has 1 aromatic heterocycles. The summed E-state index contributed by atoms with van der Waals surface area (Å²) in [5.74, 6) is -0.390. The molecule has 0 radical (unpaired) electrons. The van der Waals surface area contributed by atoms with E-state index in [1.807, 2.05) is 35.7 Å². The highest BCUT2D eigenvalue weighted by Gasteiger charge is 2.27. The number of anilines is 1. The van der Waals surface area contributed by atoms with Crippen LogP contribution in [-0.2, 0) is 10.0 Å². The molecule has 34 heavy (non-hydrogen) atoms. The number of carbonyl (C=O) groups is 1. The predicted octanol–water partition coefficient (Wildman–Crippen LogP) is 5.51. The summed E-state index contributed by atoms with van der Waals surface area (Å²) in [4.78, 5) is 17.5. The maximum atomic E-state index is 12.8. The Labute approximate surface area is 203 Å². The molecule has 1 saturated heterocycles. The first kappa shape index (κ1) is 22.5. The van der Waals surface area contributed by atoms with E-state index in [0.29, 0.717) is 18.2 Å². The lowest BCUT2D eigenvalue weighted by molar-refractivity contribution is 0.102. The van der Waals surface area contributed by atoms with Gasteiger partial charge in [-0.05, 0) is 42.2 Å². The number of hydrogen-bond acceptors (Lipinski definition) is 5. The van der Waals surface area contributed by atoms with Crippen LogP contribution in [0, 0.1) is 0 Å². The first-order valence-electron chi connectivity index (χ1n) is 11.0. The van der Waals surface area contributed by atoms with Crippen LogP contribution >= 0.6 is 11.3 Å². The molecule has 0 aliphatic carbocycles. The van der Waals surface area contributed by atoms with Crippen molar-refractivity contribution in [1.29, 1.82) is 0 Å². The second-order valence-corrected chi connectivity index (χ2v) is 10.9. The van der Waals surface area contributed by atoms with E-state index in [0.717, 1.165) is 35.2 Å². The molecule has 4 aromatic rings. The minimum Gasteiger partial charge on any atom is -0.298 e. The molecular weight excluding hydrogens is 466 g/mol. The third-order valence-corrected chi connectivity index (χ3v) is 8.46. The molecule has 0 saturated carbocycles. The van der Waals surface area contributed by atoms with Crippen molar-refractivity contribution in [1.82, 2.24) is 9.29 Å². The summed E-state index contributed by atoms with van der Waals surface area (Å²) in [6.07, 6.45) is 1.72. The van der Waals surface area contributed by atoms with E-state index in [1.54, 1.807) is 12.1 Å². The number of carbonyl (C=O) groups excluding carboxylic acids is 1. The zero-order valence-electron chi connectivity index (χ0n) is 18.3. The highest BCUT2D eigenvalue weighted by atomic mass is 32.2. The fraction of sp³-hybridized carbons (Fsp3) is 0.154. The molecule has 1 amide bonds. The van der Waals surface area contributed by atoms with Gasteiger partial charge in [-0.1, -0.05) is 60.7 Å². The van der Waals surface area contributed by atoms with Gasteiger partial charge in [-0.2, -0.15) is 4.31 Å². The van der Waals surface area contributed by atoms with Crippen LogP contribution in [0.3, 0.4) is 0 Å². The Kier molecular flexibility index (Phi) is 6.28. The Morgan fingerprint density at radius 2 is 1.53 bits per heavy atom. The van der Waals surface area contributed by atoms with Gasteiger partial charge >= 0.3 is 0 Å². The second-order valence-electron chi connectivity index (χ2n) is 8.07. The molecule has 5 rings (SSSR count). The highest BCUT2D eigenvalue weighted by Crippen LogP contribution is 2.28. The van der Waals surface area contributed by atoms with Crippen molar-refractivity contribution in [3.8, 4) is 22.4 Å². The number of nitrogens with one attached hydrogen (secondary N) is 1. The average molecular weight is 490 g/mol. The number of nitrogens with zero attached hydrogens (tertiary/aromatic N) is 2. The summed E-state index contributed by atoms with van der Waals surface area (Å²) in [5.41, 5.74) is 4.27. The minimum absolute atomic E-state index is 0.139. The van der Waals surface area contributed by atoms with Crippen molar-refractivity contribution in [2.24, 2.45) is 0 Å². The molecule has 0 atom stereocenters. The molecule has 2 heterocycles. The summed E-state index contributed by atoms with van der Waals surface area (Å²) < 4.78 is 27.1. The van der Waals surface area contributed by atoms with Crippen molar-refractivity contribution in [2.45, 2.75) is 17.7 Å². The van der Waals surface area contributed by atoms with Crippen molar-refractivity contribution in [3.63, 3.8) is 0 Å². The zero-order valence-corrected chi connectivity index (χ0v) is 20.0. The summed E-state index contributed by atoms with van der Waals surface area (Å²) in [7, 11) is -3.58. The number of hydrogen-bond donors (Lipinski definition) is 1. The van der Waals surface area contributed by atoms with E-state index in [9.17, 15) is 13.2 Å². The van der Waals surface area contributed by atoms with Gasteiger partial charge in [0.25, 0.3) is 5.91 Å². The summed E-state index contributed by atoms with van der Waals surface area (Å²) in [6, 6.07) is 24.4. The number of sulfonamides is 1. The van der Waals surface area contributed by atoms with Gasteiger partial charge in [0.2, 0.25) is 10.0 Å². The standard InChI is InChI=1S/C26H23N3O3S2/c30-25(22-9-6-10-23(17-22)34(31,32)29-15-4-5-16-29)28-26-27-24(18-33-26)21-13-11-20(12-14-21)19-7-2-1-3-8-19/h1-3,6-14,17-18H,4-5,15-16H2,(H,27,28,30). The molecule has 8 heteroatoms. The zero-order chi connectivity index (χ0) is 23.5. The van der Waals surface area contributed by atoms with E-state index >= 15 is 0 Å². The third kappa shape index (κ3) is 4.65. The maximum absolute atomic E-state index is 12.8. The number of benzene rings is 3. The Bertz CT molecular complexity index is 1410. The second kappa shape index (κ2) is 9.50. The lowest BCUT2D eigenvalue weighted by Gasteiger charge is -2.15. The van der Waals surface area contributed by atoms with Crippen LogP contribution in [0.2, 0.25) is 0 Å². The van der Waals surface area contributed by atoms with E-state index in [-0.39, 0.29) is 10.5 Å². The molecule has 0 spiro atoms. The Morgan fingerprint density at radius 1 is 0.853 bits per heavy atom. The summed E-state index contributed by atoms with van der Waals surface area (Å²) in [6.45, 7) is 1.04. The van der Waals surface area contributed by atoms with Crippen molar-refractivity contribution in [3.05, 3.63) is 89.8 Å². The van der Waals surface area contributed by atoms with E-state index < -0.39 is 15.9 Å². The first-order chi connectivity index (χ1) is 16.5. The van der Waals surface area contributed by atoms with Gasteiger partial charge in [0.1, 0.15) is 0 Å². The Morgan fingerprint density at radius 3 is 2.26 bits per heavy atom. The number of amides is 1. The van der Waals surface area contributed by atoms with Gasteiger partial charge in [-0.15, -0.1) is 11.3 Å². The van der Waals surface area contributed by atoms with Gasteiger partial charge < -0.3 is 0 Å². The molecule has 0 unspecified atom stereocenters. The van der Waals surface area contributed by atoms with Crippen LogP contribution in [0.1, 0.15) is 23.2 Å². The number of thiazole rings is 1. The molecular formula is C26H23N3O3S2. The van der Waals surface area contributed by atoms with Crippen LogP contribution in [0.25, 0.3) is 22.4 Å². The van der Waals surface area contributed by atoms with Gasteiger partial charge in [0.15, 0.2) is 5.13 Å². The van der Waals surface area contributed by atoms with Crippen LogP contribution in [-0.4, -0.2) is 36.7 Å². The van der Waals surface area contributed by atoms with E-state index in [2.05, 4.69) is 34.6 Å². The molecule has 3 aromatic carbocycles. The monoisotopic (exact) mass is 489 g/mol. The fourth-order valence-electron chi connectivity index (χ4n) is 3.97. The largest absolute Gasteiger partial charge is 0.298 e. The quantitative estimate of drug-likeness (QED) is 0.387. The van der Waals surface area contributed by atoms with E-state index in [4.69, 9.17) is 0 Å². The minimum atomic E-state index is -3.58. The van der Waals surface area contributed by atoms with E-state index in [1.165, 1.54) is 27.8 Å². The molecule has 172 valence electrons. The SMILES string of the molecule is O=C(Nc1nc(-c2ccc(-c3ccccc3)cc2)cs1)c1cccc(S(=O)(=O)N2CCCC2)c1. The molecule has 1 fully saturated rings. The van der Waals surface area contributed by atoms with Gasteiger partial charge in [-0.25, -0.2) is 13.4 Å². The van der Waals surface area contributed by atoms with Gasteiger partial charge in [0, 0.05) is 29.6 Å². The molecule has 1 aliphatic heterocycles. The average Bonchev–Trinajstić information content (AvgIpc) is 3.58. The van der Waals surface area contributed by atoms with Gasteiger partial charge in [-0.3, -0.25) is 10.1 Å². The lowest BCUT2D eigenvalue weighted by Crippen LogP contribution is -2.28. The number of aromatic nitrogens is 1. The molecule has 0 bridgehead atoms. The predicted molar refractivity (Wildman–Crippen MR) is 135 cm³/mol. The third-order valence-electron chi connectivity index (χ3n) is 5.81. The summed E-state index contributed by atoms with van der Waals surface area (Å²) >= 11 is 1.33. The van der Waals surface area contributed by atoms with Gasteiger partial charge in [0.05, 0.1) is 10.6 Å². The van der Waals surface area contributed by atoms with Crippen molar-refractivity contribution >= 4 is 32.4 Å². The van der Waals surface area contributed by atoms with Crippen LogP contribution in [0.4, 0.5) is 5.13 Å². The van der Waals surface area contributed by atoms with Crippen molar-refractivity contribution in [2.75, 3.05) is 18.4 Å². The summed E-state index contributed by atoms with van der Waals surface area (Å²) in [5, 5.41) is 5.14. The lowest BCUT2D eigenvalue weighted by atomic mass is 10.0. The smallest absolute Gasteiger partial charge is 0.257 e. The number of rotatable bonds is 6. The van der Waals surface area contributed by atoms with Crippen LogP contribution in [0.15, 0.2) is 89.1 Å². The van der Waals surface area contributed by atoms with Crippen LogP contribution < -0.4 is 5.32 Å². The fourth-order valence-corrected chi connectivity index (χ4v) is 6.25. The first-order valence-corrected chi connectivity index (χ1v) is 13.4. The molecule has 6 nitrogen and oxygen atoms in total. The highest BCUT2D eigenvalue weighted by molar-refractivity contribution is 7.89. The maximum Gasteiger partial charge on any atom is 0.257 e. The molecule has 1 aliphatic rings. The Hall–Kier alpha value is -3.33. The normalized spacial score (nSPS) is 14.2. The van der Waals surface area contributed by atoms with Crippen molar-refractivity contribution < 1.29 is 13.2 Å². The topological polar surface area (TPSA) is 79.4 Å². The Balaban J connectivity index is 1.30.